The summed E-state index contributed by atoms with van der Waals surface area (Å²) < 4.78 is 67.9. The summed E-state index contributed by atoms with van der Waals surface area (Å²) in [6.45, 7) is 5.41. The van der Waals surface area contributed by atoms with Crippen molar-refractivity contribution in [3.63, 3.8) is 0 Å². The average Bonchev–Trinajstić information content (AvgIpc) is 3.05. The minimum Gasteiger partial charge on any atom is -0.393 e. The van der Waals surface area contributed by atoms with Crippen LogP contribution in [0.3, 0.4) is 0 Å². The van der Waals surface area contributed by atoms with Crippen molar-refractivity contribution in [3.8, 4) is 0 Å². The van der Waals surface area contributed by atoms with Crippen molar-refractivity contribution in [2.24, 2.45) is 17.3 Å². The molecule has 2 aromatic carbocycles. The molecule has 230 valence electrons. The maximum atomic E-state index is 13.8. The van der Waals surface area contributed by atoms with Gasteiger partial charge in [0.25, 0.3) is 5.91 Å². The summed E-state index contributed by atoms with van der Waals surface area (Å²) in [5.41, 5.74) is -2.30. The Hall–Kier alpha value is -2.47. The predicted octanol–water partition coefficient (Wildman–Crippen LogP) is 5.85. The van der Waals surface area contributed by atoms with E-state index < -0.39 is 67.4 Å². The van der Waals surface area contributed by atoms with Gasteiger partial charge >= 0.3 is 0 Å². The van der Waals surface area contributed by atoms with Crippen LogP contribution in [0.4, 0.5) is 18.9 Å². The lowest BCUT2D eigenvalue weighted by Gasteiger charge is -2.43. The van der Waals surface area contributed by atoms with Gasteiger partial charge in [0.1, 0.15) is 5.78 Å². The fraction of sp³-hybridized carbons (Fsp3) is 0.533. The molecule has 12 heteroatoms. The first-order valence-electron chi connectivity index (χ1n) is 13.9. The Bertz CT molecular complexity index is 1460. The SMILES string of the molecule is CC(C)(C)C(=O)CCC(O)CC1(O)C2CC[C@H]1CC(S(=O)(=O)c1cc(C(=O)Nc3cc(F)c(F)c(F)c3)ccc1Cl)C2. The number of Topliss-reactive ketones (excluding diaryl/α,β-unsaturated/α-hetero) is 1. The fourth-order valence-corrected chi connectivity index (χ4v) is 8.62. The zero-order chi connectivity index (χ0) is 31.2. The Labute approximate surface area is 248 Å². The van der Waals surface area contributed by atoms with Gasteiger partial charge in [-0.2, -0.15) is 0 Å². The van der Waals surface area contributed by atoms with Crippen molar-refractivity contribution in [2.45, 2.75) is 87.6 Å². The lowest BCUT2D eigenvalue weighted by Crippen LogP contribution is -2.50. The number of hydrogen-bond donors (Lipinski definition) is 3. The highest BCUT2D eigenvalue weighted by atomic mass is 35.5. The van der Waals surface area contributed by atoms with Crippen molar-refractivity contribution in [1.29, 1.82) is 0 Å². The standard InChI is InChI=1S/C30H35ClF3NO6S/c1-29(2,3)26(37)9-7-20(36)15-30(39)17-5-6-18(30)12-21(11-17)42(40,41)25-10-16(4-8-22(25)31)28(38)35-19-13-23(32)27(34)24(33)14-19/h4,8,10,13-14,17-18,20-21,36,39H,5-7,9,11-12,15H2,1-3H3,(H,35,38)/t17-,18?,20?,21?,30?/m0/s1. The number of amides is 1. The molecule has 0 saturated heterocycles. The van der Waals surface area contributed by atoms with Crippen molar-refractivity contribution < 1.29 is 41.4 Å². The molecule has 2 aliphatic carbocycles. The number of aliphatic hydroxyl groups is 2. The van der Waals surface area contributed by atoms with E-state index in [2.05, 4.69) is 5.32 Å². The average molecular weight is 630 g/mol. The van der Waals surface area contributed by atoms with Crippen LogP contribution in [-0.2, 0) is 14.6 Å². The Morgan fingerprint density at radius 1 is 1.07 bits per heavy atom. The summed E-state index contributed by atoms with van der Waals surface area (Å²) in [7, 11) is -4.08. The summed E-state index contributed by atoms with van der Waals surface area (Å²) in [4.78, 5) is 24.8. The van der Waals surface area contributed by atoms with Crippen LogP contribution < -0.4 is 5.32 Å². The number of nitrogens with one attached hydrogen (secondary N) is 1. The lowest BCUT2D eigenvalue weighted by atomic mass is 9.71. The first-order chi connectivity index (χ1) is 19.4. The molecule has 1 amide bonds. The van der Waals surface area contributed by atoms with Gasteiger partial charge in [-0.05, 0) is 62.1 Å². The monoisotopic (exact) mass is 629 g/mol. The van der Waals surface area contributed by atoms with Gasteiger partial charge in [0.15, 0.2) is 27.3 Å². The number of aliphatic hydroxyl groups excluding tert-OH is 1. The number of halogens is 4. The van der Waals surface area contributed by atoms with Gasteiger partial charge < -0.3 is 15.5 Å². The highest BCUT2D eigenvalue weighted by Crippen LogP contribution is 2.54. The minimum absolute atomic E-state index is 0.0103. The van der Waals surface area contributed by atoms with Crippen molar-refractivity contribution in [1.82, 2.24) is 0 Å². The van der Waals surface area contributed by atoms with Crippen molar-refractivity contribution in [2.75, 3.05) is 5.32 Å². The van der Waals surface area contributed by atoms with E-state index in [0.29, 0.717) is 25.0 Å². The third-order valence-electron chi connectivity index (χ3n) is 8.66. The molecule has 0 aromatic heterocycles. The molecule has 2 fully saturated rings. The molecule has 0 radical (unpaired) electrons. The molecule has 42 heavy (non-hydrogen) atoms. The summed E-state index contributed by atoms with van der Waals surface area (Å²) >= 11 is 6.27. The van der Waals surface area contributed by atoms with Gasteiger partial charge in [0.05, 0.1) is 26.9 Å². The zero-order valence-corrected chi connectivity index (χ0v) is 25.2. The number of fused-ring (bicyclic) bond motifs is 2. The van der Waals surface area contributed by atoms with Crippen LogP contribution in [0.1, 0.15) is 76.1 Å². The topological polar surface area (TPSA) is 121 Å². The maximum Gasteiger partial charge on any atom is 0.255 e. The molecule has 7 nitrogen and oxygen atoms in total. The first kappa shape index (κ1) is 32.4. The molecular formula is C30H35ClF3NO6S. The van der Waals surface area contributed by atoms with Crippen LogP contribution in [0.15, 0.2) is 35.2 Å². The number of anilines is 1. The quantitative estimate of drug-likeness (QED) is 0.299. The number of sulfone groups is 1. The van der Waals surface area contributed by atoms with Crippen LogP contribution in [0.5, 0.6) is 0 Å². The molecule has 2 aliphatic rings. The fourth-order valence-electron chi connectivity index (χ4n) is 6.22. The van der Waals surface area contributed by atoms with Crippen LogP contribution in [0, 0.1) is 34.7 Å². The third-order valence-corrected chi connectivity index (χ3v) is 11.3. The summed E-state index contributed by atoms with van der Waals surface area (Å²) in [5, 5.41) is 23.5. The first-order valence-corrected chi connectivity index (χ1v) is 15.8. The molecule has 0 spiro atoms. The molecule has 0 aliphatic heterocycles. The zero-order valence-electron chi connectivity index (χ0n) is 23.6. The summed E-state index contributed by atoms with van der Waals surface area (Å²) in [6, 6.07) is 4.77. The third kappa shape index (κ3) is 6.54. The highest BCUT2D eigenvalue weighted by Gasteiger charge is 2.56. The van der Waals surface area contributed by atoms with Crippen LogP contribution in [0.2, 0.25) is 5.02 Å². The van der Waals surface area contributed by atoms with Gasteiger partial charge in [-0.1, -0.05) is 32.4 Å². The molecule has 4 unspecified atom stereocenters. The van der Waals surface area contributed by atoms with Gasteiger partial charge in [0, 0.05) is 41.6 Å². The van der Waals surface area contributed by atoms with Crippen LogP contribution in [-0.4, -0.2) is 47.3 Å². The van der Waals surface area contributed by atoms with E-state index in [1.54, 1.807) is 20.8 Å². The smallest absolute Gasteiger partial charge is 0.255 e. The normalized spacial score (nSPS) is 24.8. The number of hydrogen-bond acceptors (Lipinski definition) is 6. The number of benzene rings is 2. The molecule has 5 atom stereocenters. The highest BCUT2D eigenvalue weighted by molar-refractivity contribution is 7.92. The molecule has 0 heterocycles. The van der Waals surface area contributed by atoms with Gasteiger partial charge in [-0.15, -0.1) is 0 Å². The Balaban J connectivity index is 1.48. The number of rotatable bonds is 9. The van der Waals surface area contributed by atoms with E-state index in [0.717, 1.165) is 6.07 Å². The number of carbonyl (C=O) groups excluding carboxylic acids is 2. The Morgan fingerprint density at radius 3 is 2.19 bits per heavy atom. The second-order valence-corrected chi connectivity index (χ2v) is 15.1. The van der Waals surface area contributed by atoms with E-state index in [4.69, 9.17) is 11.6 Å². The molecule has 2 bridgehead atoms. The second-order valence-electron chi connectivity index (χ2n) is 12.5. The van der Waals surface area contributed by atoms with Gasteiger partial charge in [-0.3, -0.25) is 9.59 Å². The Morgan fingerprint density at radius 2 is 1.64 bits per heavy atom. The van der Waals surface area contributed by atoms with E-state index in [-0.39, 0.29) is 59.1 Å². The van der Waals surface area contributed by atoms with Gasteiger partial charge in [0.2, 0.25) is 0 Å². The second kappa shape index (κ2) is 11.9. The lowest BCUT2D eigenvalue weighted by molar-refractivity contribution is -0.127. The van der Waals surface area contributed by atoms with Crippen molar-refractivity contribution >= 4 is 38.8 Å². The minimum atomic E-state index is -4.08. The van der Waals surface area contributed by atoms with Gasteiger partial charge in [-0.25, -0.2) is 21.6 Å². The summed E-state index contributed by atoms with van der Waals surface area (Å²) in [6.07, 6.45) is 0.956. The molecule has 3 N–H and O–H groups in total. The van der Waals surface area contributed by atoms with E-state index >= 15 is 0 Å². The van der Waals surface area contributed by atoms with Crippen LogP contribution >= 0.6 is 11.6 Å². The van der Waals surface area contributed by atoms with E-state index in [1.807, 2.05) is 0 Å². The molecule has 2 saturated carbocycles. The summed E-state index contributed by atoms with van der Waals surface area (Å²) in [5.74, 6) is -6.34. The number of carbonyl (C=O) groups is 2. The van der Waals surface area contributed by atoms with E-state index in [1.165, 1.54) is 12.1 Å². The molecular weight excluding hydrogens is 595 g/mol. The molecule has 2 aromatic rings. The Kier molecular flexibility index (Phi) is 9.19. The van der Waals surface area contributed by atoms with Crippen molar-refractivity contribution in [3.05, 3.63) is 58.4 Å². The molecule has 4 rings (SSSR count). The maximum absolute atomic E-state index is 13.8. The van der Waals surface area contributed by atoms with E-state index in [9.17, 15) is 41.4 Å². The number of ketones is 1. The largest absolute Gasteiger partial charge is 0.393 e. The van der Waals surface area contributed by atoms with Crippen LogP contribution in [0.25, 0.3) is 0 Å². The predicted molar refractivity (Wildman–Crippen MR) is 151 cm³/mol.